The van der Waals surface area contributed by atoms with Gasteiger partial charge in [0.15, 0.2) is 5.65 Å². The van der Waals surface area contributed by atoms with Crippen molar-refractivity contribution in [2.45, 2.75) is 26.2 Å². The zero-order chi connectivity index (χ0) is 17.9. The number of rotatable bonds is 5. The fraction of sp³-hybridized carbons (Fsp3) is 0.273. The highest BCUT2D eigenvalue weighted by atomic mass is 16.5. The van der Waals surface area contributed by atoms with Crippen LogP contribution in [0.1, 0.15) is 26.2 Å². The zero-order valence-electron chi connectivity index (χ0n) is 15.1. The fourth-order valence-electron chi connectivity index (χ4n) is 3.37. The lowest BCUT2D eigenvalue weighted by Gasteiger charge is -2.22. The van der Waals surface area contributed by atoms with Crippen molar-refractivity contribution in [2.75, 3.05) is 6.61 Å². The van der Waals surface area contributed by atoms with E-state index in [1.807, 2.05) is 41.0 Å². The maximum atomic E-state index is 5.96. The molecular weight excluding hydrogens is 322 g/mol. The Kier molecular flexibility index (Phi) is 4.57. The van der Waals surface area contributed by atoms with Crippen LogP contribution in [0.5, 0.6) is 5.88 Å². The van der Waals surface area contributed by atoms with Gasteiger partial charge in [-0.2, -0.15) is 0 Å². The first kappa shape index (κ1) is 16.6. The SMILES string of the molecule is C=C(C)C1CC=C(COc2ccc3ncc(-c4ccccc4)n3n2)CC1. The van der Waals surface area contributed by atoms with Crippen molar-refractivity contribution >= 4 is 5.65 Å². The lowest BCUT2D eigenvalue weighted by Crippen LogP contribution is -2.11. The molecule has 1 aromatic carbocycles. The third-order valence-electron chi connectivity index (χ3n) is 5.01. The molecule has 0 fully saturated rings. The van der Waals surface area contributed by atoms with Crippen molar-refractivity contribution in [3.05, 3.63) is 72.5 Å². The molecule has 132 valence electrons. The highest BCUT2D eigenvalue weighted by Gasteiger charge is 2.15. The maximum Gasteiger partial charge on any atom is 0.232 e. The molecule has 0 radical (unpaired) electrons. The molecule has 0 saturated heterocycles. The Morgan fingerprint density at radius 3 is 2.81 bits per heavy atom. The molecule has 4 nitrogen and oxygen atoms in total. The molecule has 0 spiro atoms. The molecule has 0 saturated carbocycles. The Morgan fingerprint density at radius 1 is 1.23 bits per heavy atom. The average molecular weight is 345 g/mol. The molecule has 1 aliphatic rings. The minimum atomic E-state index is 0.594. The molecule has 1 atom stereocenters. The largest absolute Gasteiger partial charge is 0.472 e. The van der Waals surface area contributed by atoms with Gasteiger partial charge in [0.2, 0.25) is 5.88 Å². The minimum absolute atomic E-state index is 0.594. The van der Waals surface area contributed by atoms with Gasteiger partial charge >= 0.3 is 0 Å². The van der Waals surface area contributed by atoms with E-state index in [1.54, 1.807) is 0 Å². The molecule has 4 rings (SSSR count). The average Bonchev–Trinajstić information content (AvgIpc) is 3.10. The molecule has 2 aromatic heterocycles. The number of hydrogen-bond acceptors (Lipinski definition) is 3. The summed E-state index contributed by atoms with van der Waals surface area (Å²) >= 11 is 0. The van der Waals surface area contributed by atoms with Crippen molar-refractivity contribution in [1.29, 1.82) is 0 Å². The highest BCUT2D eigenvalue weighted by Crippen LogP contribution is 2.28. The molecule has 26 heavy (non-hydrogen) atoms. The number of aromatic nitrogens is 3. The number of allylic oxidation sites excluding steroid dienone is 2. The third-order valence-corrected chi connectivity index (χ3v) is 5.01. The second-order valence-corrected chi connectivity index (χ2v) is 6.92. The Hall–Kier alpha value is -2.88. The molecule has 0 bridgehead atoms. The van der Waals surface area contributed by atoms with E-state index in [4.69, 9.17) is 4.74 Å². The summed E-state index contributed by atoms with van der Waals surface area (Å²) in [5.41, 5.74) is 5.50. The van der Waals surface area contributed by atoms with Crippen LogP contribution >= 0.6 is 0 Å². The van der Waals surface area contributed by atoms with Crippen LogP contribution in [0.15, 0.2) is 72.5 Å². The van der Waals surface area contributed by atoms with Gasteiger partial charge in [-0.05, 0) is 43.7 Å². The first-order chi connectivity index (χ1) is 12.7. The molecule has 1 aliphatic carbocycles. The van der Waals surface area contributed by atoms with Crippen LogP contribution in [0.3, 0.4) is 0 Å². The molecule has 2 heterocycles. The van der Waals surface area contributed by atoms with Crippen LogP contribution in [0.25, 0.3) is 16.9 Å². The number of nitrogens with zero attached hydrogens (tertiary/aromatic N) is 3. The normalized spacial score (nSPS) is 17.1. The van der Waals surface area contributed by atoms with Gasteiger partial charge in [-0.15, -0.1) is 5.10 Å². The summed E-state index contributed by atoms with van der Waals surface area (Å²) in [6.45, 7) is 6.79. The first-order valence-electron chi connectivity index (χ1n) is 9.07. The Labute approximate surface area is 153 Å². The van der Waals surface area contributed by atoms with Crippen molar-refractivity contribution in [3.63, 3.8) is 0 Å². The second-order valence-electron chi connectivity index (χ2n) is 6.92. The third kappa shape index (κ3) is 3.40. The second kappa shape index (κ2) is 7.16. The van der Waals surface area contributed by atoms with E-state index in [0.29, 0.717) is 18.4 Å². The number of benzene rings is 1. The van der Waals surface area contributed by atoms with Gasteiger partial charge in [-0.25, -0.2) is 9.50 Å². The number of imidazole rings is 1. The van der Waals surface area contributed by atoms with Crippen LogP contribution in [-0.4, -0.2) is 21.2 Å². The van der Waals surface area contributed by atoms with E-state index in [2.05, 4.69) is 41.8 Å². The van der Waals surface area contributed by atoms with Gasteiger partial charge in [0.25, 0.3) is 0 Å². The lowest BCUT2D eigenvalue weighted by molar-refractivity contribution is 0.321. The molecule has 4 heteroatoms. The van der Waals surface area contributed by atoms with E-state index in [9.17, 15) is 0 Å². The van der Waals surface area contributed by atoms with Gasteiger partial charge in [-0.1, -0.05) is 48.6 Å². The molecule has 0 N–H and O–H groups in total. The van der Waals surface area contributed by atoms with E-state index in [1.165, 1.54) is 11.1 Å². The minimum Gasteiger partial charge on any atom is -0.472 e. The molecule has 0 amide bonds. The Morgan fingerprint density at radius 2 is 2.08 bits per heavy atom. The number of hydrogen-bond donors (Lipinski definition) is 0. The van der Waals surface area contributed by atoms with Gasteiger partial charge in [0.05, 0.1) is 11.9 Å². The van der Waals surface area contributed by atoms with Crippen LogP contribution < -0.4 is 4.74 Å². The molecule has 0 aliphatic heterocycles. The predicted octanol–water partition coefficient (Wildman–Crippen LogP) is 5.08. The van der Waals surface area contributed by atoms with Gasteiger partial charge in [0.1, 0.15) is 6.61 Å². The summed E-state index contributed by atoms with van der Waals surface area (Å²) in [6.07, 6.45) is 7.45. The van der Waals surface area contributed by atoms with Crippen LogP contribution in [0.4, 0.5) is 0 Å². The predicted molar refractivity (Wildman–Crippen MR) is 104 cm³/mol. The van der Waals surface area contributed by atoms with Crippen LogP contribution in [-0.2, 0) is 0 Å². The summed E-state index contributed by atoms with van der Waals surface area (Å²) in [4.78, 5) is 4.44. The monoisotopic (exact) mass is 345 g/mol. The summed E-state index contributed by atoms with van der Waals surface area (Å²) in [5, 5.41) is 4.63. The van der Waals surface area contributed by atoms with Gasteiger partial charge < -0.3 is 4.74 Å². The standard InChI is InChI=1S/C22H23N3O/c1-16(2)18-10-8-17(9-11-18)15-26-22-13-12-21-23-14-20(25(21)24-22)19-6-4-3-5-7-19/h3-8,12-14,18H,1,9-11,15H2,2H3. The molecule has 3 aromatic rings. The Balaban J connectivity index is 1.50. The lowest BCUT2D eigenvalue weighted by atomic mass is 9.86. The summed E-state index contributed by atoms with van der Waals surface area (Å²) in [6, 6.07) is 14.0. The smallest absolute Gasteiger partial charge is 0.232 e. The molecule has 1 unspecified atom stereocenters. The van der Waals surface area contributed by atoms with Crippen molar-refractivity contribution < 1.29 is 4.74 Å². The summed E-state index contributed by atoms with van der Waals surface area (Å²) in [5.74, 6) is 1.24. The van der Waals surface area contributed by atoms with E-state index >= 15 is 0 Å². The van der Waals surface area contributed by atoms with Crippen molar-refractivity contribution in [2.24, 2.45) is 5.92 Å². The Bertz CT molecular complexity index is 956. The summed E-state index contributed by atoms with van der Waals surface area (Å²) < 4.78 is 7.80. The first-order valence-corrected chi connectivity index (χ1v) is 9.07. The van der Waals surface area contributed by atoms with E-state index in [-0.39, 0.29) is 0 Å². The van der Waals surface area contributed by atoms with Crippen LogP contribution in [0.2, 0.25) is 0 Å². The quantitative estimate of drug-likeness (QED) is 0.606. The maximum absolute atomic E-state index is 5.96. The van der Waals surface area contributed by atoms with Crippen LogP contribution in [0, 0.1) is 5.92 Å². The summed E-state index contributed by atoms with van der Waals surface area (Å²) in [7, 11) is 0. The topological polar surface area (TPSA) is 39.4 Å². The van der Waals surface area contributed by atoms with E-state index in [0.717, 1.165) is 36.2 Å². The van der Waals surface area contributed by atoms with Gasteiger partial charge in [-0.3, -0.25) is 0 Å². The van der Waals surface area contributed by atoms with Crippen molar-refractivity contribution in [3.8, 4) is 17.1 Å². The number of fused-ring (bicyclic) bond motifs is 1. The van der Waals surface area contributed by atoms with Gasteiger partial charge in [0, 0.05) is 11.6 Å². The van der Waals surface area contributed by atoms with E-state index < -0.39 is 0 Å². The number of ether oxygens (including phenoxy) is 1. The highest BCUT2D eigenvalue weighted by molar-refractivity contribution is 5.62. The fourth-order valence-corrected chi connectivity index (χ4v) is 3.37. The molecular formula is C22H23N3O. The zero-order valence-corrected chi connectivity index (χ0v) is 15.1. The van der Waals surface area contributed by atoms with Crippen molar-refractivity contribution in [1.82, 2.24) is 14.6 Å².